The van der Waals surface area contributed by atoms with Crippen molar-refractivity contribution in [3.05, 3.63) is 0 Å². The highest BCUT2D eigenvalue weighted by atomic mass is 28.5. The summed E-state index contributed by atoms with van der Waals surface area (Å²) in [6.45, 7) is 0. The van der Waals surface area contributed by atoms with Crippen molar-refractivity contribution in [3.63, 3.8) is 0 Å². The van der Waals surface area contributed by atoms with Crippen LogP contribution in [0.25, 0.3) is 0 Å². The van der Waals surface area contributed by atoms with Crippen LogP contribution in [0.4, 0.5) is 13.2 Å². The summed E-state index contributed by atoms with van der Waals surface area (Å²) in [6, 6.07) is -0.384. The van der Waals surface area contributed by atoms with Crippen molar-refractivity contribution in [3.8, 4) is 0 Å². The van der Waals surface area contributed by atoms with Crippen LogP contribution in [0, 0.1) is 0 Å². The fraction of sp³-hybridized carbons (Fsp3) is 1.00. The molecule has 1 saturated heterocycles. The van der Waals surface area contributed by atoms with Crippen molar-refractivity contribution < 1.29 is 38.8 Å². The van der Waals surface area contributed by atoms with Gasteiger partial charge in [0, 0.05) is 33.8 Å². The summed E-state index contributed by atoms with van der Waals surface area (Å²) in [5.41, 5.74) is 0. The van der Waals surface area contributed by atoms with Crippen LogP contribution in [-0.2, 0) is 25.6 Å². The van der Waals surface area contributed by atoms with Crippen molar-refractivity contribution in [2.24, 2.45) is 0 Å². The van der Waals surface area contributed by atoms with E-state index in [9.17, 15) is 13.2 Å². The van der Waals surface area contributed by atoms with E-state index in [1.807, 2.05) is 0 Å². The Balaban J connectivity index is 2.71. The molecule has 0 N–H and O–H groups in total. The van der Waals surface area contributed by atoms with Gasteiger partial charge in [-0.15, -0.1) is 0 Å². The third-order valence-corrected chi connectivity index (χ3v) is 9.31. The second-order valence-electron chi connectivity index (χ2n) is 3.22. The van der Waals surface area contributed by atoms with Crippen LogP contribution in [0.1, 0.15) is 6.42 Å². The highest BCUT2D eigenvalue weighted by molar-refractivity contribution is 6.77. The summed E-state index contributed by atoms with van der Waals surface area (Å²) in [7, 11) is -3.85. The zero-order valence-electron chi connectivity index (χ0n) is 10.00. The third kappa shape index (κ3) is 4.71. The van der Waals surface area contributed by atoms with E-state index < -0.39 is 40.5 Å². The normalized spacial score (nSPS) is 22.3. The number of hydrogen-bond acceptors (Lipinski definition) is 6. The summed E-state index contributed by atoms with van der Waals surface area (Å²) in [5, 5.41) is 0. The third-order valence-electron chi connectivity index (χ3n) is 2.00. The molecule has 6 nitrogen and oxygen atoms in total. The van der Waals surface area contributed by atoms with Gasteiger partial charge < -0.3 is 25.6 Å². The maximum Gasteiger partial charge on any atom is 0.561 e. The SMILES string of the molecule is CO[Si]1O[Si](OC)O[Si](CCC(F)(F)F)(OC)O1. The molecule has 0 atom stereocenters. The van der Waals surface area contributed by atoms with Crippen molar-refractivity contribution in [1.82, 2.24) is 0 Å². The summed E-state index contributed by atoms with van der Waals surface area (Å²) >= 11 is 0. The Morgan fingerprint density at radius 2 is 1.56 bits per heavy atom. The molecule has 0 spiro atoms. The van der Waals surface area contributed by atoms with Gasteiger partial charge >= 0.3 is 34.0 Å². The molecular weight excluding hydrogens is 309 g/mol. The van der Waals surface area contributed by atoms with Gasteiger partial charge in [0.1, 0.15) is 0 Å². The molecule has 1 fully saturated rings. The molecule has 12 heteroatoms. The van der Waals surface area contributed by atoms with E-state index in [1.165, 1.54) is 21.3 Å². The second-order valence-corrected chi connectivity index (χ2v) is 9.76. The minimum Gasteiger partial charge on any atom is -0.378 e. The van der Waals surface area contributed by atoms with Gasteiger partial charge in [-0.2, -0.15) is 13.2 Å². The molecular formula is C6H13F3O6Si3. The molecule has 0 saturated carbocycles. The predicted octanol–water partition coefficient (Wildman–Crippen LogP) is 0.850. The summed E-state index contributed by atoms with van der Waals surface area (Å²) in [4.78, 5) is 0. The van der Waals surface area contributed by atoms with Crippen LogP contribution in [0.15, 0.2) is 0 Å². The Kier molecular flexibility index (Phi) is 5.94. The molecule has 0 bridgehead atoms. The molecule has 0 aromatic rings. The number of rotatable bonds is 5. The molecule has 0 aromatic heterocycles. The van der Waals surface area contributed by atoms with Crippen molar-refractivity contribution in [2.75, 3.05) is 21.3 Å². The zero-order valence-corrected chi connectivity index (χ0v) is 13.0. The van der Waals surface area contributed by atoms with Crippen LogP contribution in [0.3, 0.4) is 0 Å². The Labute approximate surface area is 107 Å². The van der Waals surface area contributed by atoms with E-state index in [0.717, 1.165) is 0 Å². The van der Waals surface area contributed by atoms with Gasteiger partial charge in [0.2, 0.25) is 0 Å². The quantitative estimate of drug-likeness (QED) is 0.700. The minimum atomic E-state index is -4.30. The molecule has 1 aliphatic rings. The predicted molar refractivity (Wildman–Crippen MR) is 57.0 cm³/mol. The summed E-state index contributed by atoms with van der Waals surface area (Å²) in [6.07, 6.45) is -5.35. The van der Waals surface area contributed by atoms with E-state index in [1.54, 1.807) is 0 Å². The van der Waals surface area contributed by atoms with Crippen molar-refractivity contribution in [2.45, 2.75) is 18.6 Å². The Morgan fingerprint density at radius 3 is 1.89 bits per heavy atom. The van der Waals surface area contributed by atoms with Gasteiger partial charge in [0.05, 0.1) is 0 Å². The maximum absolute atomic E-state index is 12.3. The van der Waals surface area contributed by atoms with Gasteiger partial charge in [-0.05, 0) is 0 Å². The lowest BCUT2D eigenvalue weighted by Gasteiger charge is -2.36. The van der Waals surface area contributed by atoms with E-state index in [2.05, 4.69) is 0 Å². The molecule has 1 heterocycles. The van der Waals surface area contributed by atoms with E-state index in [0.29, 0.717) is 0 Å². The number of alkyl halides is 3. The average Bonchev–Trinajstić information content (AvgIpc) is 2.35. The fourth-order valence-corrected chi connectivity index (χ4v) is 8.94. The van der Waals surface area contributed by atoms with Crippen molar-refractivity contribution >= 4 is 27.9 Å². The first kappa shape index (κ1) is 16.3. The lowest BCUT2D eigenvalue weighted by molar-refractivity contribution is -0.132. The Bertz CT molecular complexity index is 255. The smallest absolute Gasteiger partial charge is 0.378 e. The van der Waals surface area contributed by atoms with Crippen LogP contribution >= 0.6 is 0 Å². The topological polar surface area (TPSA) is 55.4 Å². The van der Waals surface area contributed by atoms with Crippen LogP contribution < -0.4 is 0 Å². The molecule has 2 radical (unpaired) electrons. The van der Waals surface area contributed by atoms with Gasteiger partial charge in [0.25, 0.3) is 0 Å². The molecule has 1 rings (SSSR count). The monoisotopic (exact) mass is 322 g/mol. The average molecular weight is 322 g/mol. The number of hydrogen-bond donors (Lipinski definition) is 0. The Hall–Kier alpha value is 0.201. The number of halogens is 3. The highest BCUT2D eigenvalue weighted by Gasteiger charge is 2.55. The van der Waals surface area contributed by atoms with Crippen LogP contribution in [-0.4, -0.2) is 55.4 Å². The standard InChI is InChI=1S/C6H13F3O6Si3/c1-10-16-13-17(11-2)15-18(12-3,14-16)5-4-6(7,8)9/h4-5H2,1-3H3. The lowest BCUT2D eigenvalue weighted by atomic mass is 10.5. The largest absolute Gasteiger partial charge is 0.561 e. The molecule has 106 valence electrons. The molecule has 0 aliphatic carbocycles. The first-order valence-electron chi connectivity index (χ1n) is 4.84. The summed E-state index contributed by atoms with van der Waals surface area (Å²) in [5.74, 6) is 0. The minimum absolute atomic E-state index is 0.384. The van der Waals surface area contributed by atoms with E-state index >= 15 is 0 Å². The first-order chi connectivity index (χ1) is 8.34. The Morgan fingerprint density at radius 1 is 1.06 bits per heavy atom. The van der Waals surface area contributed by atoms with Gasteiger partial charge in [-0.3, -0.25) is 0 Å². The van der Waals surface area contributed by atoms with E-state index in [-0.39, 0.29) is 6.04 Å². The molecule has 18 heavy (non-hydrogen) atoms. The van der Waals surface area contributed by atoms with Crippen LogP contribution in [0.5, 0.6) is 0 Å². The first-order valence-corrected chi connectivity index (χ1v) is 9.22. The molecule has 0 aromatic carbocycles. The molecule has 1 aliphatic heterocycles. The fourth-order valence-electron chi connectivity index (χ4n) is 1.13. The van der Waals surface area contributed by atoms with Gasteiger partial charge in [-0.25, -0.2) is 0 Å². The second kappa shape index (κ2) is 6.58. The van der Waals surface area contributed by atoms with Crippen LogP contribution in [0.2, 0.25) is 6.04 Å². The van der Waals surface area contributed by atoms with Crippen molar-refractivity contribution in [1.29, 1.82) is 0 Å². The highest BCUT2D eigenvalue weighted by Crippen LogP contribution is 2.30. The summed E-state index contributed by atoms with van der Waals surface area (Å²) < 4.78 is 67.4. The maximum atomic E-state index is 12.3. The van der Waals surface area contributed by atoms with Gasteiger partial charge in [0.15, 0.2) is 0 Å². The zero-order chi connectivity index (χ0) is 13.8. The van der Waals surface area contributed by atoms with Gasteiger partial charge in [-0.1, -0.05) is 0 Å². The lowest BCUT2D eigenvalue weighted by Crippen LogP contribution is -2.61. The molecule has 0 amide bonds. The van der Waals surface area contributed by atoms with E-state index in [4.69, 9.17) is 25.6 Å². The molecule has 0 unspecified atom stereocenters.